The van der Waals surface area contributed by atoms with Crippen LogP contribution in [0.3, 0.4) is 0 Å². The fourth-order valence-corrected chi connectivity index (χ4v) is 4.08. The molecule has 0 spiro atoms. The molecule has 2 aromatic heterocycles. The highest BCUT2D eigenvalue weighted by Crippen LogP contribution is 2.37. The van der Waals surface area contributed by atoms with E-state index in [1.165, 1.54) is 0 Å². The van der Waals surface area contributed by atoms with E-state index in [4.69, 9.17) is 16.6 Å². The summed E-state index contributed by atoms with van der Waals surface area (Å²) in [5.41, 5.74) is 3.30. The predicted octanol–water partition coefficient (Wildman–Crippen LogP) is 3.96. The van der Waals surface area contributed by atoms with E-state index in [0.29, 0.717) is 23.1 Å². The molecule has 0 aliphatic carbocycles. The van der Waals surface area contributed by atoms with Gasteiger partial charge < -0.3 is 9.80 Å². The number of aromatic nitrogens is 4. The summed E-state index contributed by atoms with van der Waals surface area (Å²) in [6, 6.07) is 7.54. The van der Waals surface area contributed by atoms with Crippen LogP contribution >= 0.6 is 11.6 Å². The Balaban J connectivity index is 1.81. The predicted molar refractivity (Wildman–Crippen MR) is 118 cm³/mol. The first-order valence-corrected chi connectivity index (χ1v) is 10.4. The average molecular weight is 425 g/mol. The molecule has 156 valence electrons. The number of hydrogen-bond donors (Lipinski definition) is 0. The monoisotopic (exact) mass is 424 g/mol. The number of carbonyl (C=O) groups excluding carboxylic acids is 1. The van der Waals surface area contributed by atoms with Crippen LogP contribution in [-0.4, -0.2) is 51.2 Å². The van der Waals surface area contributed by atoms with Crippen molar-refractivity contribution in [3.63, 3.8) is 0 Å². The minimum Gasteiger partial charge on any atom is -0.347 e. The molecular formula is C22H25ClN6O. The van der Waals surface area contributed by atoms with E-state index in [9.17, 15) is 4.79 Å². The summed E-state index contributed by atoms with van der Waals surface area (Å²) in [5, 5.41) is 4.82. The quantitative estimate of drug-likeness (QED) is 0.634. The molecule has 30 heavy (non-hydrogen) atoms. The molecule has 1 fully saturated rings. The highest BCUT2D eigenvalue weighted by Gasteiger charge is 2.32. The molecule has 0 N–H and O–H groups in total. The normalized spacial score (nSPS) is 16.5. The number of rotatable bonds is 4. The zero-order valence-corrected chi connectivity index (χ0v) is 18.2. The second-order valence-corrected chi connectivity index (χ2v) is 8.22. The molecule has 3 heterocycles. The zero-order valence-electron chi connectivity index (χ0n) is 17.4. The van der Waals surface area contributed by atoms with E-state index in [1.807, 2.05) is 61.4 Å². The summed E-state index contributed by atoms with van der Waals surface area (Å²) in [4.78, 5) is 26.5. The lowest BCUT2D eigenvalue weighted by atomic mass is 9.93. The Kier molecular flexibility index (Phi) is 5.72. The van der Waals surface area contributed by atoms with Crippen LogP contribution in [0.1, 0.15) is 41.4 Å². The lowest BCUT2D eigenvalue weighted by Crippen LogP contribution is -2.39. The number of benzene rings is 1. The molecule has 0 saturated carbocycles. The van der Waals surface area contributed by atoms with Gasteiger partial charge in [0.05, 0.1) is 23.5 Å². The molecule has 1 aromatic carbocycles. The molecule has 1 atom stereocenters. The maximum atomic E-state index is 13.3. The summed E-state index contributed by atoms with van der Waals surface area (Å²) in [6.45, 7) is 0.689. The van der Waals surface area contributed by atoms with Crippen molar-refractivity contribution in [2.45, 2.75) is 25.3 Å². The second-order valence-electron chi connectivity index (χ2n) is 7.79. The standard InChI is InChI=1S/C22H25ClN6O/c1-27(2)22-24-13-18(15-7-6-8-17(23)11-15)20(26-22)19-9-4-5-10-29(19)21(30)16-12-25-28(3)14-16/h6-8,11-14,19H,4-5,9-10H2,1-3H3/t19-/m0/s1. The lowest BCUT2D eigenvalue weighted by molar-refractivity contribution is 0.0606. The van der Waals surface area contributed by atoms with Gasteiger partial charge in [-0.25, -0.2) is 9.97 Å². The van der Waals surface area contributed by atoms with Gasteiger partial charge in [0.2, 0.25) is 5.95 Å². The van der Waals surface area contributed by atoms with Gasteiger partial charge in [0.15, 0.2) is 0 Å². The third-order valence-electron chi connectivity index (χ3n) is 5.37. The summed E-state index contributed by atoms with van der Waals surface area (Å²) in [5.74, 6) is 0.602. The van der Waals surface area contributed by atoms with Crippen LogP contribution in [-0.2, 0) is 7.05 Å². The van der Waals surface area contributed by atoms with Gasteiger partial charge in [-0.15, -0.1) is 0 Å². The molecule has 0 radical (unpaired) electrons. The summed E-state index contributed by atoms with van der Waals surface area (Å²) < 4.78 is 1.65. The topological polar surface area (TPSA) is 67.2 Å². The molecule has 0 unspecified atom stereocenters. The highest BCUT2D eigenvalue weighted by molar-refractivity contribution is 6.30. The third kappa shape index (κ3) is 4.03. The molecule has 1 saturated heterocycles. The number of nitrogens with zero attached hydrogens (tertiary/aromatic N) is 6. The Morgan fingerprint density at radius 3 is 2.77 bits per heavy atom. The fourth-order valence-electron chi connectivity index (χ4n) is 3.89. The van der Waals surface area contributed by atoms with E-state index in [0.717, 1.165) is 36.1 Å². The van der Waals surface area contributed by atoms with E-state index >= 15 is 0 Å². The average Bonchev–Trinajstić information content (AvgIpc) is 3.19. The van der Waals surface area contributed by atoms with Crippen molar-refractivity contribution >= 4 is 23.5 Å². The molecule has 3 aromatic rings. The number of halogens is 1. The first-order valence-electron chi connectivity index (χ1n) is 10.0. The number of amides is 1. The second kappa shape index (κ2) is 8.44. The van der Waals surface area contributed by atoms with Gasteiger partial charge in [0, 0.05) is 50.7 Å². The summed E-state index contributed by atoms with van der Waals surface area (Å²) in [6.07, 6.45) is 8.08. The minimum absolute atomic E-state index is 0.0186. The third-order valence-corrected chi connectivity index (χ3v) is 5.61. The Bertz CT molecular complexity index is 1060. The van der Waals surface area contributed by atoms with E-state index in [-0.39, 0.29) is 11.9 Å². The Morgan fingerprint density at radius 2 is 2.07 bits per heavy atom. The van der Waals surface area contributed by atoms with Crippen LogP contribution in [0.4, 0.5) is 5.95 Å². The van der Waals surface area contributed by atoms with Gasteiger partial charge >= 0.3 is 0 Å². The number of carbonyl (C=O) groups is 1. The van der Waals surface area contributed by atoms with Crippen molar-refractivity contribution < 1.29 is 4.79 Å². The van der Waals surface area contributed by atoms with Crippen molar-refractivity contribution in [2.24, 2.45) is 7.05 Å². The first kappa shape index (κ1) is 20.3. The van der Waals surface area contributed by atoms with Crippen LogP contribution in [0.25, 0.3) is 11.1 Å². The molecule has 1 aliphatic rings. The highest BCUT2D eigenvalue weighted by atomic mass is 35.5. The number of aryl methyl sites for hydroxylation is 1. The Morgan fingerprint density at radius 1 is 1.23 bits per heavy atom. The SMILES string of the molecule is CN(C)c1ncc(-c2cccc(Cl)c2)c([C@@H]2CCCCN2C(=O)c2cnn(C)c2)n1. The van der Waals surface area contributed by atoms with Gasteiger partial charge in [-0.3, -0.25) is 9.48 Å². The maximum absolute atomic E-state index is 13.3. The van der Waals surface area contributed by atoms with Gasteiger partial charge in [0.1, 0.15) is 0 Å². The fraction of sp³-hybridized carbons (Fsp3) is 0.364. The van der Waals surface area contributed by atoms with Gasteiger partial charge in [-0.1, -0.05) is 23.7 Å². The van der Waals surface area contributed by atoms with Crippen LogP contribution in [0.5, 0.6) is 0 Å². The van der Waals surface area contributed by atoms with E-state index in [2.05, 4.69) is 10.1 Å². The molecule has 1 amide bonds. The molecule has 8 heteroatoms. The minimum atomic E-state index is -0.137. The van der Waals surface area contributed by atoms with Crippen LogP contribution in [0.2, 0.25) is 5.02 Å². The van der Waals surface area contributed by atoms with Crippen molar-refractivity contribution in [1.82, 2.24) is 24.6 Å². The van der Waals surface area contributed by atoms with Gasteiger partial charge in [-0.2, -0.15) is 5.10 Å². The van der Waals surface area contributed by atoms with Crippen molar-refractivity contribution in [2.75, 3.05) is 25.5 Å². The molecule has 0 bridgehead atoms. The van der Waals surface area contributed by atoms with Crippen molar-refractivity contribution in [1.29, 1.82) is 0 Å². The molecule has 1 aliphatic heterocycles. The maximum Gasteiger partial charge on any atom is 0.257 e. The van der Waals surface area contributed by atoms with Crippen LogP contribution in [0, 0.1) is 0 Å². The van der Waals surface area contributed by atoms with E-state index < -0.39 is 0 Å². The largest absolute Gasteiger partial charge is 0.347 e. The Labute approximate surface area is 181 Å². The molecule has 4 rings (SSSR count). The summed E-state index contributed by atoms with van der Waals surface area (Å²) >= 11 is 6.25. The molecule has 7 nitrogen and oxygen atoms in total. The van der Waals surface area contributed by atoms with E-state index in [1.54, 1.807) is 17.1 Å². The number of anilines is 1. The van der Waals surface area contributed by atoms with Gasteiger partial charge in [0.25, 0.3) is 5.91 Å². The number of likely N-dealkylation sites (tertiary alicyclic amines) is 1. The number of piperidine rings is 1. The zero-order chi connectivity index (χ0) is 21.3. The van der Waals surface area contributed by atoms with Crippen molar-refractivity contribution in [3.05, 3.63) is 59.1 Å². The van der Waals surface area contributed by atoms with Crippen molar-refractivity contribution in [3.8, 4) is 11.1 Å². The Hall–Kier alpha value is -2.93. The van der Waals surface area contributed by atoms with Gasteiger partial charge in [-0.05, 0) is 37.0 Å². The lowest BCUT2D eigenvalue weighted by Gasteiger charge is -2.36. The number of hydrogen-bond acceptors (Lipinski definition) is 5. The van der Waals surface area contributed by atoms with Crippen LogP contribution < -0.4 is 4.90 Å². The summed E-state index contributed by atoms with van der Waals surface area (Å²) in [7, 11) is 5.64. The molecular weight excluding hydrogens is 400 g/mol. The first-order chi connectivity index (χ1) is 14.4. The smallest absolute Gasteiger partial charge is 0.257 e. The van der Waals surface area contributed by atoms with Crippen LogP contribution in [0.15, 0.2) is 42.9 Å².